The van der Waals surface area contributed by atoms with Crippen LogP contribution < -0.4 is 11.1 Å². The second kappa shape index (κ2) is 6.60. The number of nitrogen functional groups attached to an aromatic ring is 1. The van der Waals surface area contributed by atoms with E-state index in [0.717, 1.165) is 16.5 Å². The summed E-state index contributed by atoms with van der Waals surface area (Å²) in [5.41, 5.74) is 7.74. The first-order chi connectivity index (χ1) is 13.0. The summed E-state index contributed by atoms with van der Waals surface area (Å²) in [6.45, 7) is 1.51. The fourth-order valence-corrected chi connectivity index (χ4v) is 2.67. The summed E-state index contributed by atoms with van der Waals surface area (Å²) in [7, 11) is 0. The van der Waals surface area contributed by atoms with Gasteiger partial charge in [-0.15, -0.1) is 0 Å². The first-order valence-electron chi connectivity index (χ1n) is 8.13. The van der Waals surface area contributed by atoms with Crippen molar-refractivity contribution < 1.29 is 8.78 Å². The average Bonchev–Trinajstić information content (AvgIpc) is 3.13. The molecular weight excluding hydrogens is 352 g/mol. The summed E-state index contributed by atoms with van der Waals surface area (Å²) in [6.07, 6.45) is 1.71. The van der Waals surface area contributed by atoms with E-state index in [-0.39, 0.29) is 29.6 Å². The molecule has 4 rings (SSSR count). The highest BCUT2D eigenvalue weighted by atomic mass is 19.2. The van der Waals surface area contributed by atoms with Crippen molar-refractivity contribution in [2.45, 2.75) is 13.5 Å². The maximum Gasteiger partial charge on any atom is 0.228 e. The number of fused-ring (bicyclic) bond motifs is 1. The lowest BCUT2D eigenvalue weighted by atomic mass is 10.1. The number of hydrogen-bond donors (Lipinski definition) is 3. The Balaban J connectivity index is 1.62. The van der Waals surface area contributed by atoms with Crippen LogP contribution in [0.4, 0.5) is 20.7 Å². The fourth-order valence-electron chi connectivity index (χ4n) is 2.67. The molecule has 4 N–H and O–H groups in total. The molecule has 0 fully saturated rings. The van der Waals surface area contributed by atoms with Gasteiger partial charge in [-0.1, -0.05) is 24.3 Å². The maximum absolute atomic E-state index is 14.0. The Morgan fingerprint density at radius 1 is 1.07 bits per heavy atom. The third-order valence-electron chi connectivity index (χ3n) is 4.15. The van der Waals surface area contributed by atoms with Gasteiger partial charge < -0.3 is 11.1 Å². The summed E-state index contributed by atoms with van der Waals surface area (Å²) in [5, 5.41) is 10.7. The van der Waals surface area contributed by atoms with E-state index in [1.54, 1.807) is 6.20 Å². The molecule has 2 aromatic heterocycles. The number of aromatic amines is 1. The van der Waals surface area contributed by atoms with Gasteiger partial charge in [-0.2, -0.15) is 20.1 Å². The number of nitrogens with zero attached hydrogens (tertiary/aromatic N) is 4. The molecule has 27 heavy (non-hydrogen) atoms. The van der Waals surface area contributed by atoms with Crippen LogP contribution in [-0.4, -0.2) is 25.1 Å². The molecule has 136 valence electrons. The average molecular weight is 367 g/mol. The lowest BCUT2D eigenvalue weighted by Gasteiger charge is -2.09. The molecule has 0 atom stereocenters. The zero-order valence-electron chi connectivity index (χ0n) is 14.3. The molecule has 9 heteroatoms. The van der Waals surface area contributed by atoms with E-state index in [4.69, 9.17) is 5.73 Å². The largest absolute Gasteiger partial charge is 0.368 e. The molecular formula is C18H15F2N7. The van der Waals surface area contributed by atoms with Gasteiger partial charge in [-0.25, -0.2) is 8.78 Å². The number of halogens is 2. The first-order valence-corrected chi connectivity index (χ1v) is 8.13. The Hall–Kier alpha value is -3.62. The predicted octanol–water partition coefficient (Wildman–Crippen LogP) is 3.20. The third kappa shape index (κ3) is 3.26. The first kappa shape index (κ1) is 16.8. The number of rotatable bonds is 4. The lowest BCUT2D eigenvalue weighted by molar-refractivity contribution is 0.495. The van der Waals surface area contributed by atoms with Crippen LogP contribution in [0.15, 0.2) is 36.5 Å². The van der Waals surface area contributed by atoms with Crippen molar-refractivity contribution in [2.24, 2.45) is 0 Å². The van der Waals surface area contributed by atoms with Crippen LogP contribution in [0.5, 0.6) is 0 Å². The predicted molar refractivity (Wildman–Crippen MR) is 97.7 cm³/mol. The van der Waals surface area contributed by atoms with Crippen LogP contribution in [0.2, 0.25) is 0 Å². The van der Waals surface area contributed by atoms with Crippen LogP contribution in [0.1, 0.15) is 11.1 Å². The van der Waals surface area contributed by atoms with Gasteiger partial charge in [0.2, 0.25) is 11.9 Å². The standard InChI is InChI=1S/C18H15F2N7/c1-9-2-3-12(15(20)14(9)19)7-22-18-25-16(24-17(21)26-18)10-4-5-11-8-23-27-13(11)6-10/h2-6,8H,7H2,1H3,(H,23,27)(H3,21,22,24,25,26). The van der Waals surface area contributed by atoms with Gasteiger partial charge in [0.05, 0.1) is 11.7 Å². The molecule has 2 aromatic carbocycles. The van der Waals surface area contributed by atoms with Gasteiger partial charge in [-0.05, 0) is 18.6 Å². The van der Waals surface area contributed by atoms with Gasteiger partial charge in [0.15, 0.2) is 17.5 Å². The highest BCUT2D eigenvalue weighted by Gasteiger charge is 2.12. The molecule has 4 aromatic rings. The number of benzene rings is 2. The SMILES string of the molecule is Cc1ccc(CNc2nc(N)nc(-c3ccc4cn[nH]c4c3)n2)c(F)c1F. The Morgan fingerprint density at radius 2 is 1.93 bits per heavy atom. The number of aromatic nitrogens is 5. The molecule has 0 aliphatic rings. The Labute approximate surface area is 152 Å². The number of aryl methyl sites for hydroxylation is 1. The van der Waals surface area contributed by atoms with E-state index >= 15 is 0 Å². The van der Waals surface area contributed by atoms with Crippen LogP contribution in [-0.2, 0) is 6.54 Å². The van der Waals surface area contributed by atoms with Crippen molar-refractivity contribution in [1.29, 1.82) is 0 Å². The van der Waals surface area contributed by atoms with Crippen LogP contribution in [0.3, 0.4) is 0 Å². The van der Waals surface area contributed by atoms with Crippen molar-refractivity contribution in [3.63, 3.8) is 0 Å². The monoisotopic (exact) mass is 367 g/mol. The smallest absolute Gasteiger partial charge is 0.228 e. The summed E-state index contributed by atoms with van der Waals surface area (Å²) in [4.78, 5) is 12.5. The molecule has 0 unspecified atom stereocenters. The molecule has 0 saturated heterocycles. The molecule has 0 bridgehead atoms. The van der Waals surface area contributed by atoms with Gasteiger partial charge in [0.25, 0.3) is 0 Å². The van der Waals surface area contributed by atoms with E-state index in [9.17, 15) is 8.78 Å². The quantitative estimate of drug-likeness (QED) is 0.512. The second-order valence-corrected chi connectivity index (χ2v) is 6.04. The van der Waals surface area contributed by atoms with E-state index < -0.39 is 11.6 Å². The Bertz CT molecular complexity index is 1140. The molecule has 0 spiro atoms. The molecule has 7 nitrogen and oxygen atoms in total. The molecule has 0 aliphatic heterocycles. The van der Waals surface area contributed by atoms with Crippen LogP contribution in [0.25, 0.3) is 22.3 Å². The Kier molecular flexibility index (Phi) is 4.11. The van der Waals surface area contributed by atoms with Crippen molar-refractivity contribution in [3.8, 4) is 11.4 Å². The van der Waals surface area contributed by atoms with Crippen LogP contribution >= 0.6 is 0 Å². The molecule has 2 heterocycles. The second-order valence-electron chi connectivity index (χ2n) is 6.04. The van der Waals surface area contributed by atoms with E-state index in [1.807, 2.05) is 18.2 Å². The molecule has 0 saturated carbocycles. The van der Waals surface area contributed by atoms with Gasteiger partial charge in [0.1, 0.15) is 0 Å². The topological polar surface area (TPSA) is 105 Å². The third-order valence-corrected chi connectivity index (χ3v) is 4.15. The zero-order chi connectivity index (χ0) is 19.0. The van der Waals surface area contributed by atoms with Crippen molar-refractivity contribution >= 4 is 22.8 Å². The van der Waals surface area contributed by atoms with Crippen molar-refractivity contribution in [1.82, 2.24) is 25.1 Å². The van der Waals surface area contributed by atoms with Crippen molar-refractivity contribution in [2.75, 3.05) is 11.1 Å². The summed E-state index contributed by atoms with van der Waals surface area (Å²) < 4.78 is 27.7. The summed E-state index contributed by atoms with van der Waals surface area (Å²) in [6, 6.07) is 8.59. The highest BCUT2D eigenvalue weighted by molar-refractivity contribution is 5.82. The highest BCUT2D eigenvalue weighted by Crippen LogP contribution is 2.22. The Morgan fingerprint density at radius 3 is 2.78 bits per heavy atom. The molecule has 0 radical (unpaired) electrons. The van der Waals surface area contributed by atoms with Gasteiger partial charge >= 0.3 is 0 Å². The van der Waals surface area contributed by atoms with E-state index in [1.165, 1.54) is 19.1 Å². The fraction of sp³-hybridized carbons (Fsp3) is 0.111. The van der Waals surface area contributed by atoms with E-state index in [0.29, 0.717) is 5.82 Å². The maximum atomic E-state index is 14.0. The van der Waals surface area contributed by atoms with Crippen molar-refractivity contribution in [3.05, 3.63) is 59.3 Å². The zero-order valence-corrected chi connectivity index (χ0v) is 14.3. The number of hydrogen-bond acceptors (Lipinski definition) is 6. The minimum absolute atomic E-state index is 0.00547. The summed E-state index contributed by atoms with van der Waals surface area (Å²) in [5.74, 6) is -1.21. The molecule has 0 amide bonds. The van der Waals surface area contributed by atoms with Gasteiger partial charge in [-0.3, -0.25) is 5.10 Å². The normalized spacial score (nSPS) is 11.1. The summed E-state index contributed by atoms with van der Waals surface area (Å²) >= 11 is 0. The lowest BCUT2D eigenvalue weighted by Crippen LogP contribution is -2.10. The number of anilines is 2. The van der Waals surface area contributed by atoms with Crippen LogP contribution in [0, 0.1) is 18.6 Å². The number of nitrogens with two attached hydrogens (primary N) is 1. The number of H-pyrrole nitrogens is 1. The number of nitrogens with one attached hydrogen (secondary N) is 2. The van der Waals surface area contributed by atoms with E-state index in [2.05, 4.69) is 30.5 Å². The van der Waals surface area contributed by atoms with Gasteiger partial charge in [0, 0.05) is 23.1 Å². The minimum atomic E-state index is -0.894. The molecule has 0 aliphatic carbocycles. The minimum Gasteiger partial charge on any atom is -0.368 e.